The van der Waals surface area contributed by atoms with E-state index in [-0.39, 0.29) is 11.8 Å². The number of hydrogen-bond acceptors (Lipinski definition) is 5. The summed E-state index contributed by atoms with van der Waals surface area (Å²) in [5, 5.41) is 20.6. The van der Waals surface area contributed by atoms with Crippen LogP contribution in [0.3, 0.4) is 0 Å². The molecule has 1 aromatic heterocycles. The molecule has 1 aromatic rings. The highest BCUT2D eigenvalue weighted by molar-refractivity contribution is 5.46. The molecule has 14 heavy (non-hydrogen) atoms. The zero-order chi connectivity index (χ0) is 10.4. The molecule has 0 saturated carbocycles. The quantitative estimate of drug-likeness (QED) is 0.727. The molecular formula is C9H12N4O. The molecule has 0 amide bonds. The topological polar surface area (TPSA) is 81.8 Å². The van der Waals surface area contributed by atoms with Crippen LogP contribution in [0, 0.1) is 11.3 Å². The first-order valence-corrected chi connectivity index (χ1v) is 4.37. The van der Waals surface area contributed by atoms with Crippen molar-refractivity contribution in [3.05, 3.63) is 18.1 Å². The molecule has 0 radical (unpaired) electrons. The van der Waals surface area contributed by atoms with Crippen molar-refractivity contribution in [1.29, 1.82) is 5.26 Å². The molecule has 0 aromatic carbocycles. The molecule has 0 saturated heterocycles. The molecule has 1 atom stereocenters. The van der Waals surface area contributed by atoms with Crippen molar-refractivity contribution < 1.29 is 5.11 Å². The number of nitrogens with zero attached hydrogens (tertiary/aromatic N) is 3. The molecule has 0 unspecified atom stereocenters. The standard InChI is InChI=1S/C9H12N4O/c1-7(14)2-3-12-9-8(6-10)11-4-5-13-9/h4-5,7,14H,2-3H2,1H3,(H,12,13)/t7-/m0/s1. The lowest BCUT2D eigenvalue weighted by Crippen LogP contribution is -2.11. The fourth-order valence-corrected chi connectivity index (χ4v) is 0.949. The van der Waals surface area contributed by atoms with Crippen LogP contribution in [0.1, 0.15) is 19.0 Å². The summed E-state index contributed by atoms with van der Waals surface area (Å²) in [4.78, 5) is 7.81. The number of hydrogen-bond donors (Lipinski definition) is 2. The van der Waals surface area contributed by atoms with Crippen molar-refractivity contribution in [2.24, 2.45) is 0 Å². The first-order valence-electron chi connectivity index (χ1n) is 4.37. The van der Waals surface area contributed by atoms with Crippen molar-refractivity contribution in [2.75, 3.05) is 11.9 Å². The molecular weight excluding hydrogens is 180 g/mol. The van der Waals surface area contributed by atoms with Gasteiger partial charge >= 0.3 is 0 Å². The fourth-order valence-electron chi connectivity index (χ4n) is 0.949. The first-order chi connectivity index (χ1) is 6.74. The molecule has 0 aliphatic rings. The number of anilines is 1. The van der Waals surface area contributed by atoms with Gasteiger partial charge in [-0.3, -0.25) is 0 Å². The third-order valence-corrected chi connectivity index (χ3v) is 1.66. The van der Waals surface area contributed by atoms with Gasteiger partial charge in [0.2, 0.25) is 0 Å². The minimum atomic E-state index is -0.357. The summed E-state index contributed by atoms with van der Waals surface area (Å²) in [7, 11) is 0. The van der Waals surface area contributed by atoms with E-state index in [1.807, 2.05) is 6.07 Å². The van der Waals surface area contributed by atoms with Crippen molar-refractivity contribution >= 4 is 5.82 Å². The SMILES string of the molecule is C[C@H](O)CCNc1nccnc1C#N. The Morgan fingerprint density at radius 3 is 2.93 bits per heavy atom. The van der Waals surface area contributed by atoms with Gasteiger partial charge in [-0.1, -0.05) is 0 Å². The maximum Gasteiger partial charge on any atom is 0.182 e. The highest BCUT2D eigenvalue weighted by Gasteiger charge is 2.03. The lowest BCUT2D eigenvalue weighted by molar-refractivity contribution is 0.188. The minimum Gasteiger partial charge on any atom is -0.393 e. The molecule has 0 fully saturated rings. The Morgan fingerprint density at radius 2 is 2.29 bits per heavy atom. The van der Waals surface area contributed by atoms with Gasteiger partial charge in [-0.25, -0.2) is 9.97 Å². The summed E-state index contributed by atoms with van der Waals surface area (Å²) in [6, 6.07) is 1.94. The third kappa shape index (κ3) is 2.99. The lowest BCUT2D eigenvalue weighted by Gasteiger charge is -2.07. The van der Waals surface area contributed by atoms with E-state index in [2.05, 4.69) is 15.3 Å². The van der Waals surface area contributed by atoms with Gasteiger partial charge in [0, 0.05) is 18.9 Å². The van der Waals surface area contributed by atoms with Crippen LogP contribution in [0.5, 0.6) is 0 Å². The summed E-state index contributed by atoms with van der Waals surface area (Å²) < 4.78 is 0. The highest BCUT2D eigenvalue weighted by atomic mass is 16.3. The smallest absolute Gasteiger partial charge is 0.182 e. The fraction of sp³-hybridized carbons (Fsp3) is 0.444. The van der Waals surface area contributed by atoms with Crippen LogP contribution in [0.4, 0.5) is 5.82 Å². The maximum absolute atomic E-state index is 9.02. The Morgan fingerprint density at radius 1 is 1.57 bits per heavy atom. The molecule has 2 N–H and O–H groups in total. The van der Waals surface area contributed by atoms with Crippen molar-refractivity contribution in [3.63, 3.8) is 0 Å². The molecule has 0 aliphatic carbocycles. The van der Waals surface area contributed by atoms with Gasteiger partial charge in [-0.05, 0) is 13.3 Å². The predicted molar refractivity (Wildman–Crippen MR) is 51.5 cm³/mol. The van der Waals surface area contributed by atoms with Gasteiger partial charge in [-0.2, -0.15) is 5.26 Å². The second kappa shape index (κ2) is 5.14. The molecule has 5 heteroatoms. The van der Waals surface area contributed by atoms with Crippen LogP contribution < -0.4 is 5.32 Å². The summed E-state index contributed by atoms with van der Waals surface area (Å²) in [5.41, 5.74) is 0.276. The Hall–Kier alpha value is -1.67. The number of nitrogens with one attached hydrogen (secondary N) is 1. The average Bonchev–Trinajstić information content (AvgIpc) is 2.18. The van der Waals surface area contributed by atoms with Crippen LogP contribution in [0.15, 0.2) is 12.4 Å². The van der Waals surface area contributed by atoms with E-state index >= 15 is 0 Å². The monoisotopic (exact) mass is 192 g/mol. The van der Waals surface area contributed by atoms with Crippen LogP contribution in [-0.4, -0.2) is 27.7 Å². The molecule has 5 nitrogen and oxygen atoms in total. The Labute approximate surface area is 82.4 Å². The van der Waals surface area contributed by atoms with Crippen molar-refractivity contribution in [1.82, 2.24) is 9.97 Å². The number of aliphatic hydroxyl groups is 1. The van der Waals surface area contributed by atoms with E-state index < -0.39 is 0 Å². The van der Waals surface area contributed by atoms with Gasteiger partial charge in [0.25, 0.3) is 0 Å². The number of aliphatic hydroxyl groups excluding tert-OH is 1. The Balaban J connectivity index is 2.54. The van der Waals surface area contributed by atoms with Gasteiger partial charge < -0.3 is 10.4 Å². The summed E-state index contributed by atoms with van der Waals surface area (Å²) in [6.45, 7) is 2.29. The maximum atomic E-state index is 9.02. The van der Waals surface area contributed by atoms with Crippen LogP contribution in [0.2, 0.25) is 0 Å². The number of rotatable bonds is 4. The summed E-state index contributed by atoms with van der Waals surface area (Å²) in [5.74, 6) is 0.468. The van der Waals surface area contributed by atoms with E-state index in [4.69, 9.17) is 10.4 Å². The van der Waals surface area contributed by atoms with Gasteiger partial charge in [0.1, 0.15) is 6.07 Å². The Kier molecular flexibility index (Phi) is 3.83. The summed E-state index contributed by atoms with van der Waals surface area (Å²) >= 11 is 0. The molecule has 0 bridgehead atoms. The third-order valence-electron chi connectivity index (χ3n) is 1.66. The lowest BCUT2D eigenvalue weighted by atomic mass is 10.3. The number of aromatic nitrogens is 2. The number of nitriles is 1. The summed E-state index contributed by atoms with van der Waals surface area (Å²) in [6.07, 6.45) is 3.25. The van der Waals surface area contributed by atoms with Crippen LogP contribution >= 0.6 is 0 Å². The van der Waals surface area contributed by atoms with E-state index in [1.54, 1.807) is 6.92 Å². The molecule has 74 valence electrons. The van der Waals surface area contributed by atoms with Crippen LogP contribution in [0.25, 0.3) is 0 Å². The largest absolute Gasteiger partial charge is 0.393 e. The van der Waals surface area contributed by atoms with Crippen LogP contribution in [-0.2, 0) is 0 Å². The highest BCUT2D eigenvalue weighted by Crippen LogP contribution is 2.06. The normalized spacial score (nSPS) is 11.8. The van der Waals surface area contributed by atoms with E-state index in [0.29, 0.717) is 18.8 Å². The van der Waals surface area contributed by atoms with Crippen molar-refractivity contribution in [3.8, 4) is 6.07 Å². The van der Waals surface area contributed by atoms with E-state index in [0.717, 1.165) is 0 Å². The van der Waals surface area contributed by atoms with Gasteiger partial charge in [-0.15, -0.1) is 0 Å². The molecule has 0 aliphatic heterocycles. The molecule has 1 heterocycles. The zero-order valence-electron chi connectivity index (χ0n) is 7.94. The average molecular weight is 192 g/mol. The molecule has 1 rings (SSSR count). The van der Waals surface area contributed by atoms with Gasteiger partial charge in [0.05, 0.1) is 6.10 Å². The first kappa shape index (κ1) is 10.4. The van der Waals surface area contributed by atoms with E-state index in [1.165, 1.54) is 12.4 Å². The van der Waals surface area contributed by atoms with Crippen molar-refractivity contribution in [2.45, 2.75) is 19.4 Å². The van der Waals surface area contributed by atoms with Gasteiger partial charge in [0.15, 0.2) is 11.5 Å². The second-order valence-electron chi connectivity index (χ2n) is 2.93. The second-order valence-corrected chi connectivity index (χ2v) is 2.93. The predicted octanol–water partition coefficient (Wildman–Crippen LogP) is 0.531. The zero-order valence-corrected chi connectivity index (χ0v) is 7.94. The minimum absolute atomic E-state index is 0.276. The Bertz CT molecular complexity index is 332. The molecule has 0 spiro atoms. The van der Waals surface area contributed by atoms with E-state index in [9.17, 15) is 0 Å².